The number of halogens is 5. The minimum atomic E-state index is -0.949. The van der Waals surface area contributed by atoms with Gasteiger partial charge < -0.3 is 5.32 Å². The third kappa shape index (κ3) is 3.43. The van der Waals surface area contributed by atoms with Gasteiger partial charge in [0, 0.05) is 0 Å². The lowest BCUT2D eigenvalue weighted by atomic mass is 10.1. The predicted octanol–water partition coefficient (Wildman–Crippen LogP) is 4.88. The predicted molar refractivity (Wildman–Crippen MR) is 78.3 cm³/mol. The minimum Gasteiger partial charge on any atom is -0.319 e. The molecule has 1 aromatic carbocycles. The van der Waals surface area contributed by atoms with Gasteiger partial charge in [0.1, 0.15) is 16.8 Å². The van der Waals surface area contributed by atoms with E-state index in [1.54, 1.807) is 6.92 Å². The fraction of sp³-hybridized carbons (Fsp3) is 0.0769. The van der Waals surface area contributed by atoms with Crippen molar-refractivity contribution in [2.24, 2.45) is 0 Å². The topological polar surface area (TPSA) is 42.0 Å². The van der Waals surface area contributed by atoms with Crippen LogP contribution in [0.4, 0.5) is 14.5 Å². The zero-order valence-corrected chi connectivity index (χ0v) is 12.7. The second-order valence-corrected chi connectivity index (χ2v) is 5.28. The molecule has 8 heteroatoms. The van der Waals surface area contributed by atoms with Crippen LogP contribution in [0, 0.1) is 18.6 Å². The van der Waals surface area contributed by atoms with Gasteiger partial charge in [-0.05, 0) is 30.7 Å². The zero-order chi connectivity index (χ0) is 15.7. The van der Waals surface area contributed by atoms with Crippen LogP contribution >= 0.6 is 34.8 Å². The highest BCUT2D eigenvalue weighted by molar-refractivity contribution is 6.35. The third-order valence-electron chi connectivity index (χ3n) is 2.63. The summed E-state index contributed by atoms with van der Waals surface area (Å²) < 4.78 is 27.0. The lowest BCUT2D eigenvalue weighted by Gasteiger charge is -2.11. The average Bonchev–Trinajstić information content (AvgIpc) is 2.37. The average molecular weight is 352 g/mol. The molecule has 110 valence electrons. The Morgan fingerprint density at radius 1 is 1.14 bits per heavy atom. The van der Waals surface area contributed by atoms with E-state index < -0.39 is 28.1 Å². The van der Waals surface area contributed by atoms with Crippen LogP contribution < -0.4 is 5.32 Å². The summed E-state index contributed by atoms with van der Waals surface area (Å²) in [6, 6.07) is 2.90. The van der Waals surface area contributed by atoms with Gasteiger partial charge in [-0.25, -0.2) is 13.8 Å². The molecule has 1 heterocycles. The summed E-state index contributed by atoms with van der Waals surface area (Å²) in [6.07, 6.45) is 0. The van der Waals surface area contributed by atoms with E-state index in [1.165, 1.54) is 6.07 Å². The molecule has 0 atom stereocenters. The number of hydrogen-bond acceptors (Lipinski definition) is 2. The van der Waals surface area contributed by atoms with E-state index in [2.05, 4.69) is 10.3 Å². The van der Waals surface area contributed by atoms with Crippen LogP contribution in [-0.4, -0.2) is 10.9 Å². The maximum atomic E-state index is 13.7. The second-order valence-electron chi connectivity index (χ2n) is 4.13. The molecule has 2 rings (SSSR count). The van der Waals surface area contributed by atoms with Crippen LogP contribution in [0.25, 0.3) is 0 Å². The number of anilines is 1. The number of aryl methyl sites for hydroxylation is 1. The molecular formula is C13H7Cl3F2N2O. The van der Waals surface area contributed by atoms with Crippen LogP contribution in [0.5, 0.6) is 0 Å². The normalized spacial score (nSPS) is 10.6. The quantitative estimate of drug-likeness (QED) is 0.619. The highest BCUT2D eigenvalue weighted by atomic mass is 35.5. The molecule has 0 bridgehead atoms. The fourth-order valence-electron chi connectivity index (χ4n) is 1.62. The first kappa shape index (κ1) is 15.9. The molecule has 3 nitrogen and oxygen atoms in total. The highest BCUT2D eigenvalue weighted by Gasteiger charge is 2.18. The van der Waals surface area contributed by atoms with Gasteiger partial charge in [0.25, 0.3) is 5.91 Å². The van der Waals surface area contributed by atoms with Crippen LogP contribution in [0.15, 0.2) is 18.2 Å². The Labute approximate surface area is 133 Å². The number of aromatic nitrogens is 1. The molecule has 2 aromatic rings. The summed E-state index contributed by atoms with van der Waals surface area (Å²) in [5, 5.41) is 2.06. The number of carbonyl (C=O) groups excluding carboxylic acids is 1. The smallest absolute Gasteiger partial charge is 0.258 e. The number of pyridine rings is 1. The molecule has 0 saturated carbocycles. The first-order chi connectivity index (χ1) is 9.79. The summed E-state index contributed by atoms with van der Waals surface area (Å²) in [4.78, 5) is 15.8. The summed E-state index contributed by atoms with van der Waals surface area (Å²) in [5.74, 6) is -2.73. The number of benzene rings is 1. The van der Waals surface area contributed by atoms with Crippen LogP contribution in [-0.2, 0) is 0 Å². The molecule has 0 aliphatic heterocycles. The zero-order valence-electron chi connectivity index (χ0n) is 10.5. The number of hydrogen-bond donors (Lipinski definition) is 1. The molecule has 0 aliphatic carbocycles. The Balaban J connectivity index is 2.37. The van der Waals surface area contributed by atoms with Crippen molar-refractivity contribution in [3.63, 3.8) is 0 Å². The van der Waals surface area contributed by atoms with Crippen molar-refractivity contribution in [3.8, 4) is 0 Å². The van der Waals surface area contributed by atoms with Crippen LogP contribution in [0.1, 0.15) is 15.9 Å². The first-order valence-electron chi connectivity index (χ1n) is 5.58. The lowest BCUT2D eigenvalue weighted by Crippen LogP contribution is -2.15. The standard InChI is InChI=1S/C13H7Cl3F2N2O/c1-5-2-10(15)19-12(16)11(5)20-13(21)6-3-9(18)7(14)4-8(6)17/h2-4H,1H3,(H,20,21). The van der Waals surface area contributed by atoms with E-state index in [9.17, 15) is 13.6 Å². The largest absolute Gasteiger partial charge is 0.319 e. The molecule has 0 fully saturated rings. The Morgan fingerprint density at radius 2 is 1.81 bits per heavy atom. The molecule has 0 unspecified atom stereocenters. The van der Waals surface area contributed by atoms with E-state index in [1.807, 2.05) is 0 Å². The molecular weight excluding hydrogens is 345 g/mol. The lowest BCUT2D eigenvalue weighted by molar-refractivity contribution is 0.102. The summed E-state index contributed by atoms with van der Waals surface area (Å²) in [6.45, 7) is 1.63. The van der Waals surface area contributed by atoms with Crippen LogP contribution in [0.2, 0.25) is 15.3 Å². The van der Waals surface area contributed by atoms with Gasteiger partial charge in [0.05, 0.1) is 16.3 Å². The second kappa shape index (κ2) is 6.13. The molecule has 21 heavy (non-hydrogen) atoms. The van der Waals surface area contributed by atoms with Crippen molar-refractivity contribution < 1.29 is 13.6 Å². The Hall–Kier alpha value is -1.43. The van der Waals surface area contributed by atoms with Crippen molar-refractivity contribution in [2.75, 3.05) is 5.32 Å². The van der Waals surface area contributed by atoms with Crippen molar-refractivity contribution in [1.29, 1.82) is 0 Å². The molecule has 1 N–H and O–H groups in total. The van der Waals surface area contributed by atoms with E-state index in [4.69, 9.17) is 34.8 Å². The molecule has 0 radical (unpaired) electrons. The van der Waals surface area contributed by atoms with Crippen LogP contribution in [0.3, 0.4) is 0 Å². The fourth-order valence-corrected chi connectivity index (χ4v) is 2.35. The molecule has 1 amide bonds. The molecule has 0 saturated heterocycles. The summed E-state index contributed by atoms with van der Waals surface area (Å²) in [5.41, 5.74) is 0.200. The van der Waals surface area contributed by atoms with Crippen molar-refractivity contribution >= 4 is 46.4 Å². The van der Waals surface area contributed by atoms with Crippen molar-refractivity contribution in [1.82, 2.24) is 4.98 Å². The Morgan fingerprint density at radius 3 is 2.43 bits per heavy atom. The van der Waals surface area contributed by atoms with Gasteiger partial charge in [0.2, 0.25) is 0 Å². The summed E-state index contributed by atoms with van der Waals surface area (Å²) >= 11 is 17.0. The van der Waals surface area contributed by atoms with Gasteiger partial charge in [0.15, 0.2) is 5.15 Å². The highest BCUT2D eigenvalue weighted by Crippen LogP contribution is 2.27. The monoisotopic (exact) mass is 350 g/mol. The van der Waals surface area contributed by atoms with E-state index in [0.717, 1.165) is 6.07 Å². The van der Waals surface area contributed by atoms with Crippen molar-refractivity contribution in [3.05, 3.63) is 56.3 Å². The number of nitrogens with zero attached hydrogens (tertiary/aromatic N) is 1. The molecule has 0 spiro atoms. The van der Waals surface area contributed by atoms with Gasteiger partial charge in [-0.3, -0.25) is 4.79 Å². The number of rotatable bonds is 2. The summed E-state index contributed by atoms with van der Waals surface area (Å²) in [7, 11) is 0. The SMILES string of the molecule is Cc1cc(Cl)nc(Cl)c1NC(=O)c1cc(F)c(Cl)cc1F. The third-order valence-corrected chi connectivity index (χ3v) is 3.39. The molecule has 1 aromatic heterocycles. The Kier molecular flexibility index (Phi) is 4.66. The van der Waals surface area contributed by atoms with Gasteiger partial charge in [-0.1, -0.05) is 34.8 Å². The first-order valence-corrected chi connectivity index (χ1v) is 6.71. The maximum Gasteiger partial charge on any atom is 0.258 e. The molecule has 0 aliphatic rings. The van der Waals surface area contributed by atoms with E-state index in [0.29, 0.717) is 11.6 Å². The number of nitrogens with one attached hydrogen (secondary N) is 1. The van der Waals surface area contributed by atoms with Gasteiger partial charge >= 0.3 is 0 Å². The van der Waals surface area contributed by atoms with E-state index >= 15 is 0 Å². The van der Waals surface area contributed by atoms with Crippen molar-refractivity contribution in [2.45, 2.75) is 6.92 Å². The minimum absolute atomic E-state index is 0.0526. The van der Waals surface area contributed by atoms with E-state index in [-0.39, 0.29) is 16.0 Å². The van der Waals surface area contributed by atoms with Gasteiger partial charge in [-0.15, -0.1) is 0 Å². The Bertz CT molecular complexity index is 715. The van der Waals surface area contributed by atoms with Gasteiger partial charge in [-0.2, -0.15) is 0 Å². The number of amides is 1. The maximum absolute atomic E-state index is 13.7. The number of carbonyl (C=O) groups is 1.